The lowest BCUT2D eigenvalue weighted by Crippen LogP contribution is -2.14. The molecule has 0 fully saturated rings. The van der Waals surface area contributed by atoms with E-state index in [9.17, 15) is 14.7 Å². The number of aromatic nitrogens is 1. The molecule has 0 aliphatic carbocycles. The van der Waals surface area contributed by atoms with Crippen LogP contribution in [-0.4, -0.2) is 28.4 Å². The number of carbonyl (C=O) groups is 2. The predicted octanol–water partition coefficient (Wildman–Crippen LogP) is 4.71. The van der Waals surface area contributed by atoms with E-state index in [0.29, 0.717) is 27.0 Å². The number of thiophene rings is 1. The monoisotopic (exact) mass is 389 g/mol. The summed E-state index contributed by atoms with van der Waals surface area (Å²) in [5.74, 6) is -0.666. The van der Waals surface area contributed by atoms with Crippen LogP contribution in [0.3, 0.4) is 0 Å². The summed E-state index contributed by atoms with van der Waals surface area (Å²) in [6.07, 6.45) is 0. The van der Waals surface area contributed by atoms with Crippen molar-refractivity contribution in [3.05, 3.63) is 82.6 Å². The summed E-state index contributed by atoms with van der Waals surface area (Å²) in [5.41, 5.74) is 2.32. The second-order valence-electron chi connectivity index (χ2n) is 6.10. The maximum atomic E-state index is 12.7. The van der Waals surface area contributed by atoms with Gasteiger partial charge in [-0.25, -0.2) is 9.78 Å². The van der Waals surface area contributed by atoms with Gasteiger partial charge in [-0.3, -0.25) is 4.79 Å². The van der Waals surface area contributed by atoms with Gasteiger partial charge in [0.1, 0.15) is 5.75 Å². The Labute approximate surface area is 164 Å². The van der Waals surface area contributed by atoms with Crippen LogP contribution in [0, 0.1) is 0 Å². The molecule has 0 aliphatic heterocycles. The predicted molar refractivity (Wildman–Crippen MR) is 108 cm³/mol. The number of Topliss-reactive ketones (excluding diaryl/α,β-unsaturated/α-hetero) is 1. The highest BCUT2D eigenvalue weighted by atomic mass is 32.1. The highest BCUT2D eigenvalue weighted by Crippen LogP contribution is 2.26. The summed E-state index contributed by atoms with van der Waals surface area (Å²) < 4.78 is 5.28. The van der Waals surface area contributed by atoms with Crippen LogP contribution in [-0.2, 0) is 4.74 Å². The van der Waals surface area contributed by atoms with Crippen LogP contribution in [0.25, 0.3) is 22.2 Å². The molecule has 1 N–H and O–H groups in total. The average Bonchev–Trinajstić information content (AvgIpc) is 3.26. The van der Waals surface area contributed by atoms with Crippen molar-refractivity contribution in [1.29, 1.82) is 0 Å². The zero-order valence-corrected chi connectivity index (χ0v) is 15.5. The molecule has 0 amide bonds. The van der Waals surface area contributed by atoms with Gasteiger partial charge in [-0.15, -0.1) is 11.3 Å². The standard InChI is InChI=1S/C22H15NO4S/c24-15-9-7-14(8-10-15)19-12-17(16-4-1-2-5-18(16)23-19)22(26)27-13-20(25)21-6-3-11-28-21/h1-12,24H,13H2. The van der Waals surface area contributed by atoms with Crippen LogP contribution < -0.4 is 0 Å². The topological polar surface area (TPSA) is 76.5 Å². The van der Waals surface area contributed by atoms with Gasteiger partial charge in [0.2, 0.25) is 5.78 Å². The minimum absolute atomic E-state index is 0.149. The molecule has 0 aliphatic rings. The molecular formula is C22H15NO4S. The molecular weight excluding hydrogens is 374 g/mol. The van der Waals surface area contributed by atoms with E-state index >= 15 is 0 Å². The zero-order chi connectivity index (χ0) is 19.5. The van der Waals surface area contributed by atoms with Crippen molar-refractivity contribution in [1.82, 2.24) is 4.98 Å². The van der Waals surface area contributed by atoms with Crippen molar-refractivity contribution < 1.29 is 19.4 Å². The Kier molecular flexibility index (Phi) is 4.87. The van der Waals surface area contributed by atoms with E-state index in [1.54, 1.807) is 53.9 Å². The molecule has 0 bridgehead atoms. The van der Waals surface area contributed by atoms with Crippen molar-refractivity contribution in [3.63, 3.8) is 0 Å². The lowest BCUT2D eigenvalue weighted by molar-refractivity contribution is 0.0478. The van der Waals surface area contributed by atoms with Crippen LogP contribution in [0.2, 0.25) is 0 Å². The zero-order valence-electron chi connectivity index (χ0n) is 14.7. The molecule has 138 valence electrons. The number of carbonyl (C=O) groups excluding carboxylic acids is 2. The molecule has 0 radical (unpaired) electrons. The third kappa shape index (κ3) is 3.63. The Bertz CT molecular complexity index is 1150. The number of benzene rings is 2. The number of phenols is 1. The molecule has 2 aromatic carbocycles. The first-order valence-electron chi connectivity index (χ1n) is 8.55. The minimum atomic E-state index is -0.580. The molecule has 0 unspecified atom stereocenters. The van der Waals surface area contributed by atoms with Gasteiger partial charge in [0, 0.05) is 10.9 Å². The van der Waals surface area contributed by atoms with Crippen LogP contribution >= 0.6 is 11.3 Å². The molecule has 5 nitrogen and oxygen atoms in total. The molecule has 4 aromatic rings. The van der Waals surface area contributed by atoms with Gasteiger partial charge in [-0.05, 0) is 47.8 Å². The molecule has 0 saturated heterocycles. The largest absolute Gasteiger partial charge is 0.508 e. The Morgan fingerprint density at radius 3 is 2.54 bits per heavy atom. The molecule has 2 aromatic heterocycles. The van der Waals surface area contributed by atoms with Crippen molar-refractivity contribution in [3.8, 4) is 17.0 Å². The molecule has 0 spiro atoms. The minimum Gasteiger partial charge on any atom is -0.508 e. The van der Waals surface area contributed by atoms with Crippen molar-refractivity contribution >= 4 is 34.0 Å². The van der Waals surface area contributed by atoms with Crippen molar-refractivity contribution in [2.75, 3.05) is 6.61 Å². The maximum absolute atomic E-state index is 12.7. The summed E-state index contributed by atoms with van der Waals surface area (Å²) in [5, 5.41) is 11.9. The number of aromatic hydroxyl groups is 1. The number of ketones is 1. The average molecular weight is 389 g/mol. The Balaban J connectivity index is 1.67. The number of ether oxygens (including phenoxy) is 1. The molecule has 6 heteroatoms. The lowest BCUT2D eigenvalue weighted by atomic mass is 10.0. The summed E-state index contributed by atoms with van der Waals surface area (Å²) in [7, 11) is 0. The molecule has 2 heterocycles. The van der Waals surface area contributed by atoms with Crippen LogP contribution in [0.15, 0.2) is 72.1 Å². The third-order valence-electron chi connectivity index (χ3n) is 4.23. The number of fused-ring (bicyclic) bond motifs is 1. The second-order valence-corrected chi connectivity index (χ2v) is 7.04. The maximum Gasteiger partial charge on any atom is 0.339 e. The van der Waals surface area contributed by atoms with Crippen molar-refractivity contribution in [2.45, 2.75) is 0 Å². The summed E-state index contributed by atoms with van der Waals surface area (Å²) >= 11 is 1.31. The fraction of sp³-hybridized carbons (Fsp3) is 0.0455. The second kappa shape index (κ2) is 7.62. The highest BCUT2D eigenvalue weighted by Gasteiger charge is 2.17. The fourth-order valence-electron chi connectivity index (χ4n) is 2.84. The van der Waals surface area contributed by atoms with E-state index in [2.05, 4.69) is 4.98 Å². The molecule has 4 rings (SSSR count). The first-order chi connectivity index (χ1) is 13.6. The van der Waals surface area contributed by atoms with Gasteiger partial charge in [-0.1, -0.05) is 24.3 Å². The molecule has 28 heavy (non-hydrogen) atoms. The van der Waals surface area contributed by atoms with E-state index in [1.165, 1.54) is 11.3 Å². The van der Waals surface area contributed by atoms with E-state index in [-0.39, 0.29) is 18.1 Å². The number of rotatable bonds is 5. The normalized spacial score (nSPS) is 10.7. The lowest BCUT2D eigenvalue weighted by Gasteiger charge is -2.10. The van der Waals surface area contributed by atoms with Crippen molar-refractivity contribution in [2.24, 2.45) is 0 Å². The molecule has 0 atom stereocenters. The van der Waals surface area contributed by atoms with Gasteiger partial charge in [0.25, 0.3) is 0 Å². The van der Waals surface area contributed by atoms with E-state index in [4.69, 9.17) is 4.74 Å². The van der Waals surface area contributed by atoms with Crippen LogP contribution in [0.1, 0.15) is 20.0 Å². The number of phenolic OH excluding ortho intramolecular Hbond substituents is 1. The van der Waals surface area contributed by atoms with Crippen LogP contribution in [0.5, 0.6) is 5.75 Å². The Morgan fingerprint density at radius 1 is 1.00 bits per heavy atom. The smallest absolute Gasteiger partial charge is 0.339 e. The number of hydrogen-bond donors (Lipinski definition) is 1. The van der Waals surface area contributed by atoms with Crippen LogP contribution in [0.4, 0.5) is 0 Å². The van der Waals surface area contributed by atoms with Gasteiger partial charge < -0.3 is 9.84 Å². The summed E-state index contributed by atoms with van der Waals surface area (Å²) in [6.45, 7) is -0.315. The summed E-state index contributed by atoms with van der Waals surface area (Å²) in [6, 6.07) is 19.0. The molecule has 0 saturated carbocycles. The number of nitrogens with zero attached hydrogens (tertiary/aromatic N) is 1. The summed E-state index contributed by atoms with van der Waals surface area (Å²) in [4.78, 5) is 30.0. The SMILES string of the molecule is O=C(COC(=O)c1cc(-c2ccc(O)cc2)nc2ccccc12)c1cccs1. The third-order valence-corrected chi connectivity index (χ3v) is 5.14. The number of hydrogen-bond acceptors (Lipinski definition) is 6. The first kappa shape index (κ1) is 17.9. The highest BCUT2D eigenvalue weighted by molar-refractivity contribution is 7.12. The van der Waals surface area contributed by atoms with Gasteiger partial charge >= 0.3 is 5.97 Å². The Morgan fingerprint density at radius 2 is 1.79 bits per heavy atom. The quantitative estimate of drug-likeness (QED) is 0.395. The van der Waals surface area contributed by atoms with Gasteiger partial charge in [-0.2, -0.15) is 0 Å². The van der Waals surface area contributed by atoms with Gasteiger partial charge in [0.05, 0.1) is 21.7 Å². The van der Waals surface area contributed by atoms with E-state index < -0.39 is 5.97 Å². The number of pyridine rings is 1. The van der Waals surface area contributed by atoms with E-state index in [1.807, 2.05) is 18.2 Å². The fourth-order valence-corrected chi connectivity index (χ4v) is 3.49. The van der Waals surface area contributed by atoms with Gasteiger partial charge in [0.15, 0.2) is 6.61 Å². The number of para-hydroxylation sites is 1. The number of esters is 1. The van der Waals surface area contributed by atoms with E-state index in [0.717, 1.165) is 5.56 Å². The first-order valence-corrected chi connectivity index (χ1v) is 9.43. The Hall–Kier alpha value is -3.51.